The van der Waals surface area contributed by atoms with Crippen molar-refractivity contribution in [2.75, 3.05) is 0 Å². The van der Waals surface area contributed by atoms with Crippen molar-refractivity contribution in [1.29, 1.82) is 5.26 Å². The van der Waals surface area contributed by atoms with Gasteiger partial charge in [0.25, 0.3) is 0 Å². The van der Waals surface area contributed by atoms with Gasteiger partial charge >= 0.3 is 0 Å². The Hall–Kier alpha value is -1.89. The van der Waals surface area contributed by atoms with Crippen molar-refractivity contribution in [1.82, 2.24) is 5.32 Å². The van der Waals surface area contributed by atoms with Crippen molar-refractivity contribution in [2.45, 2.75) is 32.2 Å². The standard InChI is InChI=1S/C13H15FN2O/c1-3-13(2,9-15)16-12(17)8-10-5-4-6-11(14)7-10/h4-7H,3,8H2,1-2H3,(H,16,17)/t13-/m1/s1. The van der Waals surface area contributed by atoms with Gasteiger partial charge in [-0.15, -0.1) is 0 Å². The number of benzene rings is 1. The highest BCUT2D eigenvalue weighted by Crippen LogP contribution is 2.09. The molecule has 0 aliphatic carbocycles. The molecule has 3 nitrogen and oxygen atoms in total. The van der Waals surface area contributed by atoms with E-state index in [1.165, 1.54) is 12.1 Å². The van der Waals surface area contributed by atoms with Crippen LogP contribution in [-0.4, -0.2) is 11.4 Å². The lowest BCUT2D eigenvalue weighted by Crippen LogP contribution is -2.44. The highest BCUT2D eigenvalue weighted by molar-refractivity contribution is 5.79. The van der Waals surface area contributed by atoms with E-state index in [4.69, 9.17) is 5.26 Å². The van der Waals surface area contributed by atoms with E-state index in [0.29, 0.717) is 12.0 Å². The molecule has 1 atom stereocenters. The molecule has 0 saturated heterocycles. The first-order chi connectivity index (χ1) is 7.99. The second kappa shape index (κ2) is 5.44. The zero-order chi connectivity index (χ0) is 12.9. The van der Waals surface area contributed by atoms with E-state index in [9.17, 15) is 9.18 Å². The molecule has 0 saturated carbocycles. The summed E-state index contributed by atoms with van der Waals surface area (Å²) < 4.78 is 12.9. The summed E-state index contributed by atoms with van der Waals surface area (Å²) in [7, 11) is 0. The normalized spacial score (nSPS) is 13.5. The number of hydrogen-bond donors (Lipinski definition) is 1. The van der Waals surface area contributed by atoms with Crippen molar-refractivity contribution in [2.24, 2.45) is 0 Å². The first-order valence-corrected chi connectivity index (χ1v) is 5.46. The maximum Gasteiger partial charge on any atom is 0.225 e. The van der Waals surface area contributed by atoms with Crippen LogP contribution in [0.2, 0.25) is 0 Å². The second-order valence-electron chi connectivity index (χ2n) is 4.15. The van der Waals surface area contributed by atoms with Crippen LogP contribution in [0.15, 0.2) is 24.3 Å². The molecule has 0 radical (unpaired) electrons. The summed E-state index contributed by atoms with van der Waals surface area (Å²) in [6, 6.07) is 7.93. The average molecular weight is 234 g/mol. The molecular weight excluding hydrogens is 219 g/mol. The molecule has 0 aliphatic heterocycles. The van der Waals surface area contributed by atoms with Crippen molar-refractivity contribution in [3.05, 3.63) is 35.6 Å². The Morgan fingerprint density at radius 2 is 2.29 bits per heavy atom. The number of carbonyl (C=O) groups is 1. The molecule has 17 heavy (non-hydrogen) atoms. The van der Waals surface area contributed by atoms with Gasteiger partial charge in [-0.25, -0.2) is 4.39 Å². The molecule has 1 aromatic rings. The Labute approximate surface area is 100 Å². The zero-order valence-corrected chi connectivity index (χ0v) is 9.96. The van der Waals surface area contributed by atoms with Crippen LogP contribution in [-0.2, 0) is 11.2 Å². The van der Waals surface area contributed by atoms with E-state index in [-0.39, 0.29) is 18.1 Å². The van der Waals surface area contributed by atoms with E-state index in [1.807, 2.05) is 6.92 Å². The monoisotopic (exact) mass is 234 g/mol. The van der Waals surface area contributed by atoms with Crippen LogP contribution in [0.25, 0.3) is 0 Å². The molecule has 4 heteroatoms. The Kier molecular flexibility index (Phi) is 4.22. The molecule has 1 aromatic carbocycles. The predicted molar refractivity (Wildman–Crippen MR) is 62.6 cm³/mol. The van der Waals surface area contributed by atoms with Crippen molar-refractivity contribution >= 4 is 5.91 Å². The fourth-order valence-corrected chi connectivity index (χ4v) is 1.38. The fourth-order valence-electron chi connectivity index (χ4n) is 1.38. The Bertz CT molecular complexity index is 453. The summed E-state index contributed by atoms with van der Waals surface area (Å²) in [4.78, 5) is 11.7. The largest absolute Gasteiger partial charge is 0.338 e. The molecular formula is C13H15FN2O. The molecule has 0 aliphatic rings. The van der Waals surface area contributed by atoms with Crippen LogP contribution in [0.5, 0.6) is 0 Å². The lowest BCUT2D eigenvalue weighted by Gasteiger charge is -2.21. The summed E-state index contributed by atoms with van der Waals surface area (Å²) in [5.41, 5.74) is -0.261. The quantitative estimate of drug-likeness (QED) is 0.868. The van der Waals surface area contributed by atoms with E-state index < -0.39 is 5.54 Å². The van der Waals surface area contributed by atoms with Crippen LogP contribution in [0.4, 0.5) is 4.39 Å². The van der Waals surface area contributed by atoms with Gasteiger partial charge in [0.05, 0.1) is 12.5 Å². The van der Waals surface area contributed by atoms with Gasteiger partial charge in [0.1, 0.15) is 11.4 Å². The summed E-state index contributed by atoms with van der Waals surface area (Å²) in [6.07, 6.45) is 0.605. The van der Waals surface area contributed by atoms with E-state index in [0.717, 1.165) is 0 Å². The molecule has 0 fully saturated rings. The zero-order valence-electron chi connectivity index (χ0n) is 9.96. The van der Waals surface area contributed by atoms with Crippen LogP contribution in [0.1, 0.15) is 25.8 Å². The molecule has 1 amide bonds. The Morgan fingerprint density at radius 1 is 1.59 bits per heavy atom. The van der Waals surface area contributed by atoms with Gasteiger partial charge in [0.2, 0.25) is 5.91 Å². The summed E-state index contributed by atoms with van der Waals surface area (Å²) in [5, 5.41) is 11.6. The average Bonchev–Trinajstić information content (AvgIpc) is 2.28. The number of nitrogens with zero attached hydrogens (tertiary/aromatic N) is 1. The van der Waals surface area contributed by atoms with Gasteiger partial charge in [-0.3, -0.25) is 4.79 Å². The fraction of sp³-hybridized carbons (Fsp3) is 0.385. The van der Waals surface area contributed by atoms with Crippen molar-refractivity contribution in [3.63, 3.8) is 0 Å². The van der Waals surface area contributed by atoms with E-state index in [1.54, 1.807) is 19.1 Å². The first kappa shape index (κ1) is 13.2. The third-order valence-corrected chi connectivity index (χ3v) is 2.62. The predicted octanol–water partition coefficient (Wildman–Crippen LogP) is 2.18. The SMILES string of the molecule is CC[C@](C)(C#N)NC(=O)Cc1cccc(F)c1. The molecule has 0 bridgehead atoms. The number of hydrogen-bond acceptors (Lipinski definition) is 2. The van der Waals surface area contributed by atoms with Crippen LogP contribution in [0.3, 0.4) is 0 Å². The van der Waals surface area contributed by atoms with E-state index >= 15 is 0 Å². The van der Waals surface area contributed by atoms with Crippen LogP contribution in [0, 0.1) is 17.1 Å². The van der Waals surface area contributed by atoms with Crippen LogP contribution < -0.4 is 5.32 Å². The number of amides is 1. The summed E-state index contributed by atoms with van der Waals surface area (Å²) >= 11 is 0. The highest BCUT2D eigenvalue weighted by Gasteiger charge is 2.23. The summed E-state index contributed by atoms with van der Waals surface area (Å²) in [5.74, 6) is -0.643. The maximum atomic E-state index is 12.9. The lowest BCUT2D eigenvalue weighted by molar-refractivity contribution is -0.121. The number of carbonyl (C=O) groups excluding carboxylic acids is 1. The number of rotatable bonds is 4. The van der Waals surface area contributed by atoms with Gasteiger partial charge < -0.3 is 5.32 Å². The topological polar surface area (TPSA) is 52.9 Å². The molecule has 0 aromatic heterocycles. The first-order valence-electron chi connectivity index (χ1n) is 5.46. The smallest absolute Gasteiger partial charge is 0.225 e. The molecule has 1 rings (SSSR count). The second-order valence-corrected chi connectivity index (χ2v) is 4.15. The molecule has 90 valence electrons. The lowest BCUT2D eigenvalue weighted by atomic mass is 10.0. The van der Waals surface area contributed by atoms with Gasteiger partial charge in [0.15, 0.2) is 0 Å². The maximum absolute atomic E-state index is 12.9. The molecule has 0 spiro atoms. The Morgan fingerprint density at radius 3 is 2.82 bits per heavy atom. The van der Waals surface area contributed by atoms with Gasteiger partial charge in [-0.1, -0.05) is 19.1 Å². The number of nitriles is 1. The minimum Gasteiger partial charge on any atom is -0.338 e. The van der Waals surface area contributed by atoms with E-state index in [2.05, 4.69) is 11.4 Å². The minimum absolute atomic E-state index is 0.0784. The molecule has 0 unspecified atom stereocenters. The Balaban J connectivity index is 2.65. The van der Waals surface area contributed by atoms with Gasteiger partial charge in [-0.2, -0.15) is 5.26 Å². The molecule has 0 heterocycles. The minimum atomic E-state index is -0.857. The summed E-state index contributed by atoms with van der Waals surface area (Å²) in [6.45, 7) is 3.49. The van der Waals surface area contributed by atoms with Crippen molar-refractivity contribution < 1.29 is 9.18 Å². The van der Waals surface area contributed by atoms with Gasteiger partial charge in [-0.05, 0) is 31.0 Å². The van der Waals surface area contributed by atoms with Crippen molar-refractivity contribution in [3.8, 4) is 6.07 Å². The highest BCUT2D eigenvalue weighted by atomic mass is 19.1. The third-order valence-electron chi connectivity index (χ3n) is 2.62. The third kappa shape index (κ3) is 3.87. The number of nitrogens with one attached hydrogen (secondary N) is 1. The molecule has 1 N–H and O–H groups in total. The van der Waals surface area contributed by atoms with Gasteiger partial charge in [0, 0.05) is 0 Å². The van der Waals surface area contributed by atoms with Crippen LogP contribution >= 0.6 is 0 Å². The number of halogens is 1.